The highest BCUT2D eigenvalue weighted by molar-refractivity contribution is 7.89. The van der Waals surface area contributed by atoms with E-state index in [0.29, 0.717) is 43.6 Å². The van der Waals surface area contributed by atoms with E-state index in [9.17, 15) is 13.2 Å². The number of hydrogen-bond donors (Lipinski definition) is 0. The van der Waals surface area contributed by atoms with Crippen LogP contribution >= 0.6 is 0 Å². The zero-order chi connectivity index (χ0) is 22.1. The average Bonchev–Trinajstić information content (AvgIpc) is 3.28. The monoisotopic (exact) mass is 451 g/mol. The number of amides is 1. The van der Waals surface area contributed by atoms with Gasteiger partial charge in [-0.15, -0.1) is 0 Å². The van der Waals surface area contributed by atoms with Crippen LogP contribution in [0, 0.1) is 0 Å². The van der Waals surface area contributed by atoms with E-state index in [-0.39, 0.29) is 16.5 Å². The van der Waals surface area contributed by atoms with E-state index in [0.717, 1.165) is 30.4 Å². The van der Waals surface area contributed by atoms with Crippen molar-refractivity contribution in [1.82, 2.24) is 14.4 Å². The molecule has 0 aliphatic carbocycles. The molecule has 0 N–H and O–H groups in total. The zero-order valence-electron chi connectivity index (χ0n) is 17.7. The van der Waals surface area contributed by atoms with Crippen LogP contribution in [0.1, 0.15) is 41.7 Å². The third kappa shape index (κ3) is 3.84. The van der Waals surface area contributed by atoms with Gasteiger partial charge in [0, 0.05) is 26.2 Å². The first-order chi connectivity index (χ1) is 15.5. The van der Waals surface area contributed by atoms with E-state index in [1.165, 1.54) is 16.4 Å². The predicted molar refractivity (Wildman–Crippen MR) is 122 cm³/mol. The van der Waals surface area contributed by atoms with Crippen molar-refractivity contribution in [2.75, 3.05) is 26.2 Å². The third-order valence-electron chi connectivity index (χ3n) is 6.24. The van der Waals surface area contributed by atoms with Crippen molar-refractivity contribution in [2.45, 2.75) is 30.6 Å². The van der Waals surface area contributed by atoms with E-state index in [2.05, 4.69) is 5.16 Å². The Hall–Kier alpha value is -2.97. The second kappa shape index (κ2) is 8.52. The molecule has 1 amide bonds. The van der Waals surface area contributed by atoms with Gasteiger partial charge in [0.25, 0.3) is 5.91 Å². The van der Waals surface area contributed by atoms with Gasteiger partial charge >= 0.3 is 0 Å². The van der Waals surface area contributed by atoms with Crippen molar-refractivity contribution in [1.29, 1.82) is 0 Å². The molecular weight excluding hydrogens is 426 g/mol. The molecule has 0 bridgehead atoms. The molecule has 2 aliphatic heterocycles. The van der Waals surface area contributed by atoms with Crippen LogP contribution in [0.2, 0.25) is 0 Å². The van der Waals surface area contributed by atoms with Gasteiger partial charge in [-0.3, -0.25) is 4.79 Å². The smallest absolute Gasteiger partial charge is 0.276 e. The molecule has 8 heteroatoms. The number of sulfonamides is 1. The molecule has 3 aromatic rings. The lowest BCUT2D eigenvalue weighted by Crippen LogP contribution is -2.36. The molecule has 2 aromatic carbocycles. The highest BCUT2D eigenvalue weighted by Gasteiger charge is 2.29. The first-order valence-corrected chi connectivity index (χ1v) is 12.4. The fraction of sp³-hybridized carbons (Fsp3) is 0.333. The summed E-state index contributed by atoms with van der Waals surface area (Å²) in [5, 5.41) is 4.41. The van der Waals surface area contributed by atoms with Crippen molar-refractivity contribution in [2.24, 2.45) is 0 Å². The van der Waals surface area contributed by atoms with Crippen LogP contribution in [-0.4, -0.2) is 54.9 Å². The van der Waals surface area contributed by atoms with Gasteiger partial charge in [0.05, 0.1) is 10.3 Å². The van der Waals surface area contributed by atoms with Crippen molar-refractivity contribution >= 4 is 32.5 Å². The van der Waals surface area contributed by atoms with E-state index in [1.807, 2.05) is 36.4 Å². The van der Waals surface area contributed by atoms with Crippen molar-refractivity contribution in [3.8, 4) is 0 Å². The van der Waals surface area contributed by atoms with Gasteiger partial charge in [-0.1, -0.05) is 41.6 Å². The molecule has 5 rings (SSSR count). The minimum atomic E-state index is -3.71. The number of nitrogens with zero attached hydrogens (tertiary/aromatic N) is 3. The second-order valence-corrected chi connectivity index (χ2v) is 10.2. The molecule has 0 saturated carbocycles. The first kappa shape index (κ1) is 20.9. The van der Waals surface area contributed by atoms with Gasteiger partial charge in [-0.25, -0.2) is 8.42 Å². The van der Waals surface area contributed by atoms with E-state index in [1.54, 1.807) is 11.0 Å². The lowest BCUT2D eigenvalue weighted by Gasteiger charge is -2.26. The van der Waals surface area contributed by atoms with Gasteiger partial charge in [-0.2, -0.15) is 4.31 Å². The van der Waals surface area contributed by atoms with Crippen LogP contribution in [0.3, 0.4) is 0 Å². The molecule has 0 unspecified atom stereocenters. The fourth-order valence-corrected chi connectivity index (χ4v) is 5.82. The molecule has 0 radical (unpaired) electrons. The standard InChI is InChI=1S/C24H25N3O4S/c28-24(26-13-5-2-6-14-26)23-21-17-20(9-10-22(21)31-25-23)32(29,30)27-15-11-19(12-16-27)18-7-3-1-4-8-18/h1,3-4,7-11,17H,2,5-6,12-16H2. The summed E-state index contributed by atoms with van der Waals surface area (Å²) in [5.41, 5.74) is 2.87. The van der Waals surface area contributed by atoms with Gasteiger partial charge in [0.2, 0.25) is 10.0 Å². The Labute approximate surface area is 187 Å². The quantitative estimate of drug-likeness (QED) is 0.600. The van der Waals surface area contributed by atoms with Gasteiger partial charge < -0.3 is 9.42 Å². The zero-order valence-corrected chi connectivity index (χ0v) is 18.6. The van der Waals surface area contributed by atoms with Crippen LogP contribution in [0.15, 0.2) is 64.0 Å². The number of likely N-dealkylation sites (tertiary alicyclic amines) is 1. The molecule has 1 saturated heterocycles. The molecule has 7 nitrogen and oxygen atoms in total. The van der Waals surface area contributed by atoms with Crippen LogP contribution in [-0.2, 0) is 10.0 Å². The Balaban J connectivity index is 1.41. The summed E-state index contributed by atoms with van der Waals surface area (Å²) >= 11 is 0. The SMILES string of the molecule is O=C(c1noc2ccc(S(=O)(=O)N3CC=C(c4ccccc4)CC3)cc12)N1CCCCC1. The minimum absolute atomic E-state index is 0.150. The maximum atomic E-state index is 13.3. The lowest BCUT2D eigenvalue weighted by atomic mass is 10.0. The molecule has 1 fully saturated rings. The predicted octanol–water partition coefficient (Wildman–Crippen LogP) is 3.93. The minimum Gasteiger partial charge on any atom is -0.355 e. The Bertz CT molecular complexity index is 1280. The normalized spacial score (nSPS) is 18.0. The Morgan fingerprint density at radius 1 is 0.969 bits per heavy atom. The number of carbonyl (C=O) groups is 1. The molecule has 2 aliphatic rings. The Morgan fingerprint density at radius 3 is 2.47 bits per heavy atom. The molecule has 0 atom stereocenters. The summed E-state index contributed by atoms with van der Waals surface area (Å²) in [6.45, 7) is 2.10. The average molecular weight is 452 g/mol. The summed E-state index contributed by atoms with van der Waals surface area (Å²) in [5.74, 6) is -0.202. The topological polar surface area (TPSA) is 83.7 Å². The molecule has 32 heavy (non-hydrogen) atoms. The van der Waals surface area contributed by atoms with Crippen molar-refractivity contribution in [3.05, 3.63) is 65.9 Å². The summed E-state index contributed by atoms with van der Waals surface area (Å²) < 4.78 is 33.5. The molecular formula is C24H25N3O4S. The van der Waals surface area contributed by atoms with Crippen LogP contribution in [0.4, 0.5) is 0 Å². The number of rotatable bonds is 4. The number of piperidine rings is 1. The summed E-state index contributed by atoms with van der Waals surface area (Å²) in [7, 11) is -3.71. The fourth-order valence-electron chi connectivity index (χ4n) is 4.41. The van der Waals surface area contributed by atoms with E-state index < -0.39 is 10.0 Å². The number of hydrogen-bond acceptors (Lipinski definition) is 5. The molecule has 166 valence electrons. The molecule has 0 spiro atoms. The van der Waals surface area contributed by atoms with Crippen LogP contribution in [0.25, 0.3) is 16.5 Å². The summed E-state index contributed by atoms with van der Waals surface area (Å²) in [6, 6.07) is 14.6. The Morgan fingerprint density at radius 2 is 1.75 bits per heavy atom. The van der Waals surface area contributed by atoms with E-state index >= 15 is 0 Å². The number of carbonyl (C=O) groups excluding carboxylic acids is 1. The highest BCUT2D eigenvalue weighted by Crippen LogP contribution is 2.29. The largest absolute Gasteiger partial charge is 0.355 e. The summed E-state index contributed by atoms with van der Waals surface area (Å²) in [4.78, 5) is 14.9. The van der Waals surface area contributed by atoms with E-state index in [4.69, 9.17) is 4.52 Å². The van der Waals surface area contributed by atoms with Crippen molar-refractivity contribution in [3.63, 3.8) is 0 Å². The van der Waals surface area contributed by atoms with Crippen LogP contribution < -0.4 is 0 Å². The number of benzene rings is 2. The first-order valence-electron chi connectivity index (χ1n) is 11.0. The molecule has 1 aromatic heterocycles. The number of aromatic nitrogens is 1. The highest BCUT2D eigenvalue weighted by atomic mass is 32.2. The van der Waals surface area contributed by atoms with Gasteiger partial charge in [0.1, 0.15) is 0 Å². The molecule has 3 heterocycles. The Kier molecular flexibility index (Phi) is 5.57. The maximum absolute atomic E-state index is 13.3. The van der Waals surface area contributed by atoms with Gasteiger partial charge in [0.15, 0.2) is 11.3 Å². The third-order valence-corrected chi connectivity index (χ3v) is 8.10. The van der Waals surface area contributed by atoms with Crippen molar-refractivity contribution < 1.29 is 17.7 Å². The van der Waals surface area contributed by atoms with Crippen LogP contribution in [0.5, 0.6) is 0 Å². The second-order valence-electron chi connectivity index (χ2n) is 8.25. The number of fused-ring (bicyclic) bond motifs is 1. The maximum Gasteiger partial charge on any atom is 0.276 e. The van der Waals surface area contributed by atoms with Gasteiger partial charge in [-0.05, 0) is 55.0 Å². The lowest BCUT2D eigenvalue weighted by molar-refractivity contribution is 0.0716. The summed E-state index contributed by atoms with van der Waals surface area (Å²) in [6.07, 6.45) is 5.67.